The number of amides is 2. The minimum absolute atomic E-state index is 0.0634. The lowest BCUT2D eigenvalue weighted by Gasteiger charge is -2.35. The van der Waals surface area contributed by atoms with Gasteiger partial charge in [0.2, 0.25) is 0 Å². The molecular weight excluding hydrogens is 494 g/mol. The molecule has 1 aromatic heterocycles. The fourth-order valence-electron chi connectivity index (χ4n) is 4.19. The number of nitrogens with zero attached hydrogens (tertiary/aromatic N) is 3. The summed E-state index contributed by atoms with van der Waals surface area (Å²) >= 11 is 0. The molecule has 2 amide bonds. The second-order valence-electron chi connectivity index (χ2n) is 9.89. The number of fused-ring (bicyclic) bond motifs is 1. The Bertz CT molecular complexity index is 1510. The molecule has 0 atom stereocenters. The average molecular weight is 524 g/mol. The zero-order chi connectivity index (χ0) is 27.0. The van der Waals surface area contributed by atoms with Crippen molar-refractivity contribution in [2.75, 3.05) is 30.9 Å². The van der Waals surface area contributed by atoms with Crippen LogP contribution in [0.3, 0.4) is 0 Å². The van der Waals surface area contributed by atoms with Crippen molar-refractivity contribution in [3.05, 3.63) is 59.3 Å². The maximum atomic E-state index is 13.2. The SMILES string of the molecule is Cc1ccc(NS(=O)(=O)c2cccc(C(=O)N3CCN(C(=O)OC(C)(C)C)CC3)c2)c2[nH]cc(C#N)c12. The molecule has 1 saturated heterocycles. The maximum Gasteiger partial charge on any atom is 0.410 e. The lowest BCUT2D eigenvalue weighted by molar-refractivity contribution is 0.0141. The molecule has 37 heavy (non-hydrogen) atoms. The minimum Gasteiger partial charge on any atom is -0.444 e. The van der Waals surface area contributed by atoms with Gasteiger partial charge in [0, 0.05) is 43.3 Å². The molecule has 2 heterocycles. The summed E-state index contributed by atoms with van der Waals surface area (Å²) in [5.74, 6) is -0.318. The van der Waals surface area contributed by atoms with Gasteiger partial charge in [0.1, 0.15) is 11.7 Å². The molecule has 0 aliphatic carbocycles. The number of nitrogens with one attached hydrogen (secondary N) is 2. The fraction of sp³-hybridized carbons (Fsp3) is 0.346. The molecule has 0 spiro atoms. The number of sulfonamides is 1. The van der Waals surface area contributed by atoms with Gasteiger partial charge in [-0.2, -0.15) is 5.26 Å². The van der Waals surface area contributed by atoms with Crippen LogP contribution in [0.4, 0.5) is 10.5 Å². The summed E-state index contributed by atoms with van der Waals surface area (Å²) < 4.78 is 34.4. The highest BCUT2D eigenvalue weighted by molar-refractivity contribution is 7.92. The summed E-state index contributed by atoms with van der Waals surface area (Å²) in [4.78, 5) is 31.5. The summed E-state index contributed by atoms with van der Waals surface area (Å²) in [5.41, 5.74) is 1.71. The van der Waals surface area contributed by atoms with Crippen molar-refractivity contribution in [3.63, 3.8) is 0 Å². The molecule has 0 unspecified atom stereocenters. The Morgan fingerprint density at radius 3 is 2.41 bits per heavy atom. The van der Waals surface area contributed by atoms with E-state index in [2.05, 4.69) is 15.8 Å². The molecule has 1 aliphatic heterocycles. The van der Waals surface area contributed by atoms with Gasteiger partial charge >= 0.3 is 6.09 Å². The zero-order valence-corrected chi connectivity index (χ0v) is 22.0. The first-order valence-corrected chi connectivity index (χ1v) is 13.3. The Labute approximate surface area is 215 Å². The van der Waals surface area contributed by atoms with Crippen LogP contribution in [0.1, 0.15) is 42.3 Å². The number of ether oxygens (including phenoxy) is 1. The number of rotatable bonds is 4. The second kappa shape index (κ2) is 9.78. The van der Waals surface area contributed by atoms with E-state index in [1.165, 1.54) is 24.4 Å². The average Bonchev–Trinajstić information content (AvgIpc) is 3.30. The van der Waals surface area contributed by atoms with Crippen LogP contribution < -0.4 is 4.72 Å². The lowest BCUT2D eigenvalue weighted by Crippen LogP contribution is -2.51. The summed E-state index contributed by atoms with van der Waals surface area (Å²) in [7, 11) is -4.03. The molecule has 0 bridgehead atoms. The standard InChI is InChI=1S/C26H29N5O5S/c1-17-8-9-21(23-22(17)19(15-27)16-28-23)29-37(34,35)20-7-5-6-18(14-20)24(32)30-10-12-31(13-11-30)25(33)36-26(2,3)4/h5-9,14,16,28-29H,10-13H2,1-4H3. The molecule has 0 saturated carbocycles. The van der Waals surface area contributed by atoms with E-state index in [1.807, 2.05) is 6.92 Å². The van der Waals surface area contributed by atoms with E-state index in [9.17, 15) is 23.3 Å². The number of H-pyrrole nitrogens is 1. The summed E-state index contributed by atoms with van der Waals surface area (Å²) in [6.45, 7) is 8.50. The van der Waals surface area contributed by atoms with Crippen molar-refractivity contribution in [2.45, 2.75) is 38.2 Å². The molecule has 3 aromatic rings. The van der Waals surface area contributed by atoms with Crippen molar-refractivity contribution in [1.29, 1.82) is 5.26 Å². The predicted octanol–water partition coefficient (Wildman–Crippen LogP) is 3.84. The molecule has 2 N–H and O–H groups in total. The zero-order valence-electron chi connectivity index (χ0n) is 21.2. The van der Waals surface area contributed by atoms with Gasteiger partial charge in [0.15, 0.2) is 0 Å². The Morgan fingerprint density at radius 1 is 1.08 bits per heavy atom. The first kappa shape index (κ1) is 26.0. The van der Waals surface area contributed by atoms with Gasteiger partial charge in [-0.05, 0) is 57.5 Å². The van der Waals surface area contributed by atoms with Gasteiger partial charge in [-0.25, -0.2) is 13.2 Å². The number of aromatic nitrogens is 1. The lowest BCUT2D eigenvalue weighted by atomic mass is 10.1. The first-order valence-electron chi connectivity index (χ1n) is 11.8. The van der Waals surface area contributed by atoms with Crippen molar-refractivity contribution < 1.29 is 22.7 Å². The van der Waals surface area contributed by atoms with Gasteiger partial charge in [-0.1, -0.05) is 12.1 Å². The van der Waals surface area contributed by atoms with E-state index in [1.54, 1.807) is 48.8 Å². The van der Waals surface area contributed by atoms with E-state index in [4.69, 9.17) is 4.74 Å². The first-order chi connectivity index (χ1) is 17.4. The third kappa shape index (κ3) is 5.54. The normalized spacial score (nSPS) is 14.4. The smallest absolute Gasteiger partial charge is 0.410 e. The third-order valence-corrected chi connectivity index (χ3v) is 7.38. The minimum atomic E-state index is -4.03. The Hall–Kier alpha value is -4.04. The van der Waals surface area contributed by atoms with E-state index in [0.29, 0.717) is 48.3 Å². The van der Waals surface area contributed by atoms with E-state index in [-0.39, 0.29) is 16.4 Å². The quantitative estimate of drug-likeness (QED) is 0.533. The van der Waals surface area contributed by atoms with Crippen LogP contribution in [0.2, 0.25) is 0 Å². The van der Waals surface area contributed by atoms with Crippen molar-refractivity contribution in [1.82, 2.24) is 14.8 Å². The number of anilines is 1. The molecule has 10 nitrogen and oxygen atoms in total. The Morgan fingerprint density at radius 2 is 1.76 bits per heavy atom. The van der Waals surface area contributed by atoms with Gasteiger partial charge in [-0.15, -0.1) is 0 Å². The number of carbonyl (C=O) groups excluding carboxylic acids is 2. The molecule has 2 aromatic carbocycles. The number of piperazine rings is 1. The van der Waals surface area contributed by atoms with Crippen LogP contribution >= 0.6 is 0 Å². The summed E-state index contributed by atoms with van der Waals surface area (Å²) in [5, 5.41) is 10.0. The van der Waals surface area contributed by atoms with Crippen LogP contribution in [0.15, 0.2) is 47.5 Å². The number of benzene rings is 2. The maximum absolute atomic E-state index is 13.2. The van der Waals surface area contributed by atoms with Gasteiger partial charge < -0.3 is 19.5 Å². The summed E-state index contributed by atoms with van der Waals surface area (Å²) in [6, 6.07) is 11.3. The highest BCUT2D eigenvalue weighted by Crippen LogP contribution is 2.30. The van der Waals surface area contributed by atoms with E-state index >= 15 is 0 Å². The molecular formula is C26H29N5O5S. The highest BCUT2D eigenvalue weighted by atomic mass is 32.2. The van der Waals surface area contributed by atoms with Crippen molar-refractivity contribution >= 4 is 38.6 Å². The number of hydrogen-bond acceptors (Lipinski definition) is 6. The molecule has 11 heteroatoms. The van der Waals surface area contributed by atoms with Crippen LogP contribution in [0.5, 0.6) is 0 Å². The largest absolute Gasteiger partial charge is 0.444 e. The third-order valence-electron chi connectivity index (χ3n) is 6.02. The molecule has 4 rings (SSSR count). The Kier molecular flexibility index (Phi) is 6.88. The van der Waals surface area contributed by atoms with E-state index < -0.39 is 21.7 Å². The van der Waals surface area contributed by atoms with Crippen LogP contribution in [-0.2, 0) is 14.8 Å². The number of aryl methyl sites for hydroxylation is 1. The fourth-order valence-corrected chi connectivity index (χ4v) is 5.31. The molecule has 0 radical (unpaired) electrons. The van der Waals surface area contributed by atoms with Crippen LogP contribution in [0, 0.1) is 18.3 Å². The topological polar surface area (TPSA) is 136 Å². The van der Waals surface area contributed by atoms with Gasteiger partial charge in [0.05, 0.1) is 21.7 Å². The Balaban J connectivity index is 1.50. The van der Waals surface area contributed by atoms with Crippen LogP contribution in [0.25, 0.3) is 10.9 Å². The number of carbonyl (C=O) groups is 2. The number of hydrogen-bond donors (Lipinski definition) is 2. The molecule has 1 aliphatic rings. The monoisotopic (exact) mass is 523 g/mol. The second-order valence-corrected chi connectivity index (χ2v) is 11.6. The predicted molar refractivity (Wildman–Crippen MR) is 139 cm³/mol. The van der Waals surface area contributed by atoms with Crippen LogP contribution in [-0.4, -0.2) is 67.0 Å². The van der Waals surface area contributed by atoms with Gasteiger partial charge in [-0.3, -0.25) is 9.52 Å². The van der Waals surface area contributed by atoms with Crippen molar-refractivity contribution in [3.8, 4) is 6.07 Å². The number of nitriles is 1. The summed E-state index contributed by atoms with van der Waals surface area (Å²) in [6.07, 6.45) is 1.12. The van der Waals surface area contributed by atoms with Crippen molar-refractivity contribution in [2.24, 2.45) is 0 Å². The van der Waals surface area contributed by atoms with Gasteiger partial charge in [0.25, 0.3) is 15.9 Å². The molecule has 1 fully saturated rings. The number of aromatic amines is 1. The van der Waals surface area contributed by atoms with E-state index in [0.717, 1.165) is 5.56 Å². The molecule has 194 valence electrons. The highest BCUT2D eigenvalue weighted by Gasteiger charge is 2.28.